The number of fused-ring (bicyclic) bond motifs is 1. The highest BCUT2D eigenvalue weighted by molar-refractivity contribution is 5.88. The molecule has 0 aliphatic rings. The summed E-state index contributed by atoms with van der Waals surface area (Å²) < 4.78 is 7.50. The molecule has 0 saturated carbocycles. The van der Waals surface area contributed by atoms with E-state index in [2.05, 4.69) is 10.1 Å². The van der Waals surface area contributed by atoms with E-state index in [0.29, 0.717) is 12.3 Å². The summed E-state index contributed by atoms with van der Waals surface area (Å²) in [7, 11) is 0. The molecular formula is C26H19N3O3. The Balaban J connectivity index is 1.56. The molecule has 0 aliphatic heterocycles. The summed E-state index contributed by atoms with van der Waals surface area (Å²) in [6.07, 6.45) is 1.76. The Morgan fingerprint density at radius 1 is 0.875 bits per heavy atom. The van der Waals surface area contributed by atoms with E-state index in [-0.39, 0.29) is 5.69 Å². The van der Waals surface area contributed by atoms with Gasteiger partial charge >= 0.3 is 5.97 Å². The summed E-state index contributed by atoms with van der Waals surface area (Å²) in [5.74, 6) is -0.344. The maximum Gasteiger partial charge on any atom is 0.356 e. The van der Waals surface area contributed by atoms with Gasteiger partial charge in [0.15, 0.2) is 11.3 Å². The molecule has 0 unspecified atom stereocenters. The first-order valence-corrected chi connectivity index (χ1v) is 10.1. The third-order valence-corrected chi connectivity index (χ3v) is 5.16. The zero-order valence-electron chi connectivity index (χ0n) is 17.1. The Labute approximate surface area is 184 Å². The molecule has 5 aromatic rings. The maximum atomic E-state index is 11.5. The van der Waals surface area contributed by atoms with Crippen molar-refractivity contribution >= 4 is 11.6 Å². The SMILES string of the molecule is O=C(O)c1cc2ncc(-c3ccccc3)c(-c3ccc(OCc4ccccc4)cc3)n2n1. The number of carboxylic acid groups (broad SMARTS) is 1. The maximum absolute atomic E-state index is 11.5. The number of hydrogen-bond acceptors (Lipinski definition) is 4. The topological polar surface area (TPSA) is 76.7 Å². The summed E-state index contributed by atoms with van der Waals surface area (Å²) in [5, 5.41) is 13.7. The fraction of sp³-hybridized carbons (Fsp3) is 0.0385. The van der Waals surface area contributed by atoms with Crippen LogP contribution in [0.3, 0.4) is 0 Å². The van der Waals surface area contributed by atoms with Crippen molar-refractivity contribution in [1.82, 2.24) is 14.6 Å². The standard InChI is InChI=1S/C26H19N3O3/c30-26(31)23-15-24-27-16-22(19-9-5-2-6-10-19)25(29(24)28-23)20-11-13-21(14-12-20)32-17-18-7-3-1-4-8-18/h1-16H,17H2,(H,30,31). The lowest BCUT2D eigenvalue weighted by Gasteiger charge is -2.13. The highest BCUT2D eigenvalue weighted by Crippen LogP contribution is 2.33. The number of carbonyl (C=O) groups is 1. The van der Waals surface area contributed by atoms with Crippen LogP contribution >= 0.6 is 0 Å². The number of aromatic nitrogens is 3. The minimum atomic E-state index is -1.09. The highest BCUT2D eigenvalue weighted by atomic mass is 16.5. The van der Waals surface area contributed by atoms with Crippen molar-refractivity contribution in [3.05, 3.63) is 108 Å². The number of benzene rings is 3. The zero-order chi connectivity index (χ0) is 21.9. The smallest absolute Gasteiger partial charge is 0.356 e. The molecule has 0 atom stereocenters. The van der Waals surface area contributed by atoms with Crippen molar-refractivity contribution in [2.24, 2.45) is 0 Å². The summed E-state index contributed by atoms with van der Waals surface area (Å²) in [6, 6.07) is 29.0. The van der Waals surface area contributed by atoms with E-state index in [1.165, 1.54) is 6.07 Å². The Bertz CT molecular complexity index is 1380. The summed E-state index contributed by atoms with van der Waals surface area (Å²) in [5.41, 5.74) is 4.99. The lowest BCUT2D eigenvalue weighted by molar-refractivity contribution is 0.0690. The molecule has 3 aromatic carbocycles. The Morgan fingerprint density at radius 3 is 2.25 bits per heavy atom. The van der Waals surface area contributed by atoms with Crippen LogP contribution in [0.1, 0.15) is 16.1 Å². The minimum Gasteiger partial charge on any atom is -0.489 e. The molecule has 2 heterocycles. The fourth-order valence-electron chi connectivity index (χ4n) is 3.59. The van der Waals surface area contributed by atoms with Gasteiger partial charge in [0.25, 0.3) is 0 Å². The van der Waals surface area contributed by atoms with Crippen LogP contribution in [-0.4, -0.2) is 25.7 Å². The second-order valence-corrected chi connectivity index (χ2v) is 7.29. The molecule has 0 radical (unpaired) electrons. The molecule has 0 bridgehead atoms. The van der Waals surface area contributed by atoms with Gasteiger partial charge in [-0.25, -0.2) is 14.3 Å². The Hall–Kier alpha value is -4.45. The predicted octanol–water partition coefficient (Wildman–Crippen LogP) is 5.34. The molecular weight excluding hydrogens is 402 g/mol. The number of ether oxygens (including phenoxy) is 1. The van der Waals surface area contributed by atoms with Crippen LogP contribution < -0.4 is 4.74 Å². The average Bonchev–Trinajstić information content (AvgIpc) is 3.29. The van der Waals surface area contributed by atoms with Crippen LogP contribution in [0.5, 0.6) is 5.75 Å². The van der Waals surface area contributed by atoms with Crippen LogP contribution in [0.2, 0.25) is 0 Å². The van der Waals surface area contributed by atoms with Crippen LogP contribution in [0.25, 0.3) is 28.0 Å². The average molecular weight is 421 g/mol. The van der Waals surface area contributed by atoms with Gasteiger partial charge in [-0.3, -0.25) is 0 Å². The highest BCUT2D eigenvalue weighted by Gasteiger charge is 2.17. The van der Waals surface area contributed by atoms with Crippen LogP contribution in [0, 0.1) is 0 Å². The lowest BCUT2D eigenvalue weighted by Crippen LogP contribution is -2.02. The number of aromatic carboxylic acids is 1. The first-order chi connectivity index (χ1) is 15.7. The van der Waals surface area contributed by atoms with Gasteiger partial charge in [-0.2, -0.15) is 5.10 Å². The van der Waals surface area contributed by atoms with E-state index < -0.39 is 5.97 Å². The Kier molecular flexibility index (Phi) is 5.09. The van der Waals surface area contributed by atoms with Crippen molar-refractivity contribution in [2.45, 2.75) is 6.61 Å². The first kappa shape index (κ1) is 19.5. The van der Waals surface area contributed by atoms with Crippen LogP contribution in [-0.2, 0) is 6.61 Å². The van der Waals surface area contributed by atoms with Gasteiger partial charge in [0.2, 0.25) is 0 Å². The second kappa shape index (κ2) is 8.35. The molecule has 0 amide bonds. The molecule has 0 aliphatic carbocycles. The quantitative estimate of drug-likeness (QED) is 0.400. The van der Waals surface area contributed by atoms with Gasteiger partial charge in [0.1, 0.15) is 12.4 Å². The van der Waals surface area contributed by atoms with Crippen molar-refractivity contribution < 1.29 is 14.6 Å². The van der Waals surface area contributed by atoms with E-state index in [1.807, 2.05) is 84.9 Å². The minimum absolute atomic E-state index is 0.0493. The lowest BCUT2D eigenvalue weighted by atomic mass is 10.0. The summed E-state index contributed by atoms with van der Waals surface area (Å²) in [6.45, 7) is 0.482. The van der Waals surface area contributed by atoms with Crippen molar-refractivity contribution in [2.75, 3.05) is 0 Å². The largest absolute Gasteiger partial charge is 0.489 e. The molecule has 5 rings (SSSR count). The van der Waals surface area contributed by atoms with Gasteiger partial charge in [-0.05, 0) is 35.4 Å². The zero-order valence-corrected chi connectivity index (χ0v) is 17.1. The number of hydrogen-bond donors (Lipinski definition) is 1. The third kappa shape index (κ3) is 3.81. The molecule has 6 heteroatoms. The summed E-state index contributed by atoms with van der Waals surface area (Å²) in [4.78, 5) is 15.9. The van der Waals surface area contributed by atoms with Gasteiger partial charge in [0.05, 0.1) is 5.69 Å². The van der Waals surface area contributed by atoms with E-state index >= 15 is 0 Å². The number of rotatable bonds is 6. The molecule has 156 valence electrons. The molecule has 0 saturated heterocycles. The molecule has 0 spiro atoms. The fourth-order valence-corrected chi connectivity index (χ4v) is 3.59. The van der Waals surface area contributed by atoms with Crippen molar-refractivity contribution in [3.8, 4) is 28.1 Å². The van der Waals surface area contributed by atoms with Crippen molar-refractivity contribution in [3.63, 3.8) is 0 Å². The van der Waals surface area contributed by atoms with Gasteiger partial charge in [-0.15, -0.1) is 0 Å². The number of nitrogens with zero attached hydrogens (tertiary/aromatic N) is 3. The van der Waals surface area contributed by atoms with E-state index in [0.717, 1.165) is 33.7 Å². The molecule has 32 heavy (non-hydrogen) atoms. The number of carboxylic acids is 1. The second-order valence-electron chi connectivity index (χ2n) is 7.29. The van der Waals surface area contributed by atoms with Gasteiger partial charge in [0, 0.05) is 23.4 Å². The molecule has 6 nitrogen and oxygen atoms in total. The summed E-state index contributed by atoms with van der Waals surface area (Å²) >= 11 is 0. The predicted molar refractivity (Wildman–Crippen MR) is 122 cm³/mol. The monoisotopic (exact) mass is 421 g/mol. The van der Waals surface area contributed by atoms with E-state index in [1.54, 1.807) is 10.7 Å². The normalized spacial score (nSPS) is 10.9. The Morgan fingerprint density at radius 2 is 1.56 bits per heavy atom. The van der Waals surface area contributed by atoms with Gasteiger partial charge in [-0.1, -0.05) is 60.7 Å². The first-order valence-electron chi connectivity index (χ1n) is 10.1. The van der Waals surface area contributed by atoms with Crippen LogP contribution in [0.15, 0.2) is 97.2 Å². The molecule has 1 N–H and O–H groups in total. The van der Waals surface area contributed by atoms with Crippen LogP contribution in [0.4, 0.5) is 0 Å². The third-order valence-electron chi connectivity index (χ3n) is 5.16. The van der Waals surface area contributed by atoms with Crippen molar-refractivity contribution in [1.29, 1.82) is 0 Å². The van der Waals surface area contributed by atoms with Gasteiger partial charge < -0.3 is 9.84 Å². The molecule has 0 fully saturated rings. The van der Waals surface area contributed by atoms with E-state index in [4.69, 9.17) is 4.74 Å². The molecule has 2 aromatic heterocycles. The van der Waals surface area contributed by atoms with E-state index in [9.17, 15) is 9.90 Å².